The maximum Gasteiger partial charge on any atom is 0.126 e. The summed E-state index contributed by atoms with van der Waals surface area (Å²) in [5, 5.41) is 11.2. The number of benzene rings is 1. The first-order valence-corrected chi connectivity index (χ1v) is 7.33. The molecule has 3 atom stereocenters. The Bertz CT molecular complexity index is 455. The largest absolute Gasteiger partial charge is 0.385 e. The summed E-state index contributed by atoms with van der Waals surface area (Å²) in [6, 6.07) is 5.20. The van der Waals surface area contributed by atoms with E-state index in [1.165, 1.54) is 6.07 Å². The van der Waals surface area contributed by atoms with Crippen LogP contribution < -0.4 is 0 Å². The van der Waals surface area contributed by atoms with Crippen LogP contribution in [-0.4, -0.2) is 5.11 Å². The molecule has 2 rings (SSSR count). The highest BCUT2D eigenvalue weighted by Crippen LogP contribution is 2.47. The maximum atomic E-state index is 13.8. The molecule has 0 heterocycles. The van der Waals surface area contributed by atoms with Crippen LogP contribution in [0, 0.1) is 30.5 Å². The molecule has 1 aliphatic rings. The average Bonchev–Trinajstić information content (AvgIpc) is 2.31. The minimum absolute atomic E-state index is 0.214. The molecule has 0 aromatic heterocycles. The van der Waals surface area contributed by atoms with Gasteiger partial charge in [0.05, 0.1) is 5.60 Å². The predicted molar refractivity (Wildman–Crippen MR) is 76.4 cm³/mol. The molecular formula is C17H25FO. The van der Waals surface area contributed by atoms with Gasteiger partial charge in [0.2, 0.25) is 0 Å². The first-order valence-electron chi connectivity index (χ1n) is 7.33. The molecule has 106 valence electrons. The molecule has 0 amide bonds. The topological polar surface area (TPSA) is 20.2 Å². The van der Waals surface area contributed by atoms with Crippen LogP contribution >= 0.6 is 0 Å². The standard InChI is InChI=1S/C17H25FO/c1-11(2)15-8-5-12(3)10-17(15,19)14-7-6-13(4)16(18)9-14/h6-7,9,11-12,15,19H,5,8,10H2,1-4H3. The lowest BCUT2D eigenvalue weighted by Gasteiger charge is -2.45. The van der Waals surface area contributed by atoms with Crippen LogP contribution in [0.4, 0.5) is 4.39 Å². The summed E-state index contributed by atoms with van der Waals surface area (Å²) in [6.07, 6.45) is 2.91. The second-order valence-corrected chi connectivity index (χ2v) is 6.63. The minimum Gasteiger partial charge on any atom is -0.385 e. The third-order valence-electron chi connectivity index (χ3n) is 4.72. The van der Waals surface area contributed by atoms with Crippen LogP contribution in [0.25, 0.3) is 0 Å². The normalized spacial score (nSPS) is 31.7. The van der Waals surface area contributed by atoms with Crippen LogP contribution in [0.2, 0.25) is 0 Å². The molecule has 1 N–H and O–H groups in total. The Morgan fingerprint density at radius 1 is 1.32 bits per heavy atom. The van der Waals surface area contributed by atoms with E-state index in [1.54, 1.807) is 13.0 Å². The third kappa shape index (κ3) is 2.69. The molecule has 0 saturated heterocycles. The highest BCUT2D eigenvalue weighted by molar-refractivity contribution is 5.29. The van der Waals surface area contributed by atoms with Crippen molar-refractivity contribution < 1.29 is 9.50 Å². The van der Waals surface area contributed by atoms with Crippen molar-refractivity contribution in [2.75, 3.05) is 0 Å². The van der Waals surface area contributed by atoms with Gasteiger partial charge in [-0.2, -0.15) is 0 Å². The first-order chi connectivity index (χ1) is 8.84. The lowest BCUT2D eigenvalue weighted by molar-refractivity contribution is -0.0867. The van der Waals surface area contributed by atoms with Gasteiger partial charge in [0.15, 0.2) is 0 Å². The molecule has 3 unspecified atom stereocenters. The number of aryl methyl sites for hydroxylation is 1. The Labute approximate surface area is 115 Å². The van der Waals surface area contributed by atoms with Crippen molar-refractivity contribution >= 4 is 0 Å². The molecule has 1 nitrogen and oxygen atoms in total. The summed E-state index contributed by atoms with van der Waals surface area (Å²) in [5.74, 6) is 0.892. The van der Waals surface area contributed by atoms with E-state index < -0.39 is 5.60 Å². The van der Waals surface area contributed by atoms with Gasteiger partial charge in [-0.05, 0) is 54.7 Å². The van der Waals surface area contributed by atoms with Gasteiger partial charge in [-0.15, -0.1) is 0 Å². The van der Waals surface area contributed by atoms with E-state index in [2.05, 4.69) is 20.8 Å². The summed E-state index contributed by atoms with van der Waals surface area (Å²) in [4.78, 5) is 0. The van der Waals surface area contributed by atoms with Crippen molar-refractivity contribution in [3.63, 3.8) is 0 Å². The molecule has 1 aromatic carbocycles. The number of rotatable bonds is 2. The maximum absolute atomic E-state index is 13.8. The van der Waals surface area contributed by atoms with Crippen LogP contribution in [0.3, 0.4) is 0 Å². The van der Waals surface area contributed by atoms with Gasteiger partial charge in [-0.1, -0.05) is 39.3 Å². The van der Waals surface area contributed by atoms with Gasteiger partial charge in [0, 0.05) is 0 Å². The van der Waals surface area contributed by atoms with Gasteiger partial charge >= 0.3 is 0 Å². The van der Waals surface area contributed by atoms with Crippen LogP contribution in [0.5, 0.6) is 0 Å². The highest BCUT2D eigenvalue weighted by Gasteiger charge is 2.44. The molecule has 0 radical (unpaired) electrons. The number of halogens is 1. The molecule has 0 spiro atoms. The second kappa shape index (κ2) is 5.24. The molecule has 2 heteroatoms. The average molecular weight is 264 g/mol. The third-order valence-corrected chi connectivity index (χ3v) is 4.72. The van der Waals surface area contributed by atoms with Crippen molar-refractivity contribution in [3.05, 3.63) is 35.1 Å². The summed E-state index contributed by atoms with van der Waals surface area (Å²) in [7, 11) is 0. The van der Waals surface area contributed by atoms with E-state index >= 15 is 0 Å². The molecule has 1 saturated carbocycles. The molecule has 1 aromatic rings. The van der Waals surface area contributed by atoms with Crippen molar-refractivity contribution in [2.45, 2.75) is 52.6 Å². The predicted octanol–water partition coefficient (Wildman–Crippen LogP) is 4.41. The van der Waals surface area contributed by atoms with Crippen molar-refractivity contribution in [1.29, 1.82) is 0 Å². The smallest absolute Gasteiger partial charge is 0.126 e. The van der Waals surface area contributed by atoms with E-state index in [0.29, 0.717) is 17.4 Å². The summed E-state index contributed by atoms with van der Waals surface area (Å²) < 4.78 is 13.8. The highest BCUT2D eigenvalue weighted by atomic mass is 19.1. The van der Waals surface area contributed by atoms with Gasteiger partial charge in [-0.25, -0.2) is 4.39 Å². The minimum atomic E-state index is -0.875. The Kier molecular flexibility index (Phi) is 4.00. The lowest BCUT2D eigenvalue weighted by atomic mass is 9.64. The number of aliphatic hydroxyl groups is 1. The van der Waals surface area contributed by atoms with Crippen LogP contribution in [-0.2, 0) is 5.60 Å². The second-order valence-electron chi connectivity index (χ2n) is 6.63. The number of hydrogen-bond donors (Lipinski definition) is 1. The molecule has 0 bridgehead atoms. The van der Waals surface area contributed by atoms with Gasteiger partial charge in [0.25, 0.3) is 0 Å². The van der Waals surface area contributed by atoms with Crippen molar-refractivity contribution in [3.8, 4) is 0 Å². The quantitative estimate of drug-likeness (QED) is 0.838. The van der Waals surface area contributed by atoms with Crippen molar-refractivity contribution in [2.24, 2.45) is 17.8 Å². The van der Waals surface area contributed by atoms with Gasteiger partial charge < -0.3 is 5.11 Å². The Balaban J connectivity index is 2.43. The van der Waals surface area contributed by atoms with Crippen molar-refractivity contribution in [1.82, 2.24) is 0 Å². The Morgan fingerprint density at radius 3 is 2.58 bits per heavy atom. The van der Waals surface area contributed by atoms with E-state index in [4.69, 9.17) is 0 Å². The Morgan fingerprint density at radius 2 is 2.00 bits per heavy atom. The first kappa shape index (κ1) is 14.5. The zero-order valence-electron chi connectivity index (χ0n) is 12.4. The summed E-state index contributed by atoms with van der Waals surface area (Å²) in [6.45, 7) is 8.23. The molecular weight excluding hydrogens is 239 g/mol. The summed E-state index contributed by atoms with van der Waals surface area (Å²) >= 11 is 0. The molecule has 0 aliphatic heterocycles. The zero-order chi connectivity index (χ0) is 14.2. The fourth-order valence-corrected chi connectivity index (χ4v) is 3.57. The lowest BCUT2D eigenvalue weighted by Crippen LogP contribution is -2.43. The monoisotopic (exact) mass is 264 g/mol. The van der Waals surface area contributed by atoms with E-state index in [-0.39, 0.29) is 11.7 Å². The molecule has 19 heavy (non-hydrogen) atoms. The summed E-state index contributed by atoms with van der Waals surface area (Å²) in [5.41, 5.74) is 0.513. The SMILES string of the molecule is Cc1ccc(C2(O)CC(C)CCC2C(C)C)cc1F. The zero-order valence-corrected chi connectivity index (χ0v) is 12.4. The Hall–Kier alpha value is -0.890. The van der Waals surface area contributed by atoms with Crippen LogP contribution in [0.1, 0.15) is 51.2 Å². The fraction of sp³-hybridized carbons (Fsp3) is 0.647. The fourth-order valence-electron chi connectivity index (χ4n) is 3.57. The van der Waals surface area contributed by atoms with Crippen LogP contribution in [0.15, 0.2) is 18.2 Å². The molecule has 1 aliphatic carbocycles. The van der Waals surface area contributed by atoms with E-state index in [9.17, 15) is 9.50 Å². The van der Waals surface area contributed by atoms with Gasteiger partial charge in [-0.3, -0.25) is 0 Å². The molecule has 1 fully saturated rings. The van der Waals surface area contributed by atoms with E-state index in [1.807, 2.05) is 6.07 Å². The van der Waals surface area contributed by atoms with Gasteiger partial charge in [0.1, 0.15) is 5.82 Å². The number of hydrogen-bond acceptors (Lipinski definition) is 1. The van der Waals surface area contributed by atoms with E-state index in [0.717, 1.165) is 24.8 Å².